The minimum atomic E-state index is -0.184. The zero-order chi connectivity index (χ0) is 18.6. The molecule has 0 bridgehead atoms. The second-order valence-corrected chi connectivity index (χ2v) is 6.83. The fourth-order valence-corrected chi connectivity index (χ4v) is 3.23. The highest BCUT2D eigenvalue weighted by Gasteiger charge is 2.11. The summed E-state index contributed by atoms with van der Waals surface area (Å²) in [7, 11) is 0. The molecule has 0 saturated heterocycles. The summed E-state index contributed by atoms with van der Waals surface area (Å²) in [5.74, 6) is 0.524. The van der Waals surface area contributed by atoms with Crippen LogP contribution in [0.1, 0.15) is 5.56 Å². The minimum Gasteiger partial charge on any atom is -0.267 e. The second-order valence-electron chi connectivity index (χ2n) is 5.95. The lowest BCUT2D eigenvalue weighted by Gasteiger charge is -2.09. The van der Waals surface area contributed by atoms with Gasteiger partial charge in [-0.1, -0.05) is 54.6 Å². The van der Waals surface area contributed by atoms with Crippen molar-refractivity contribution >= 4 is 28.9 Å². The third kappa shape index (κ3) is 3.55. The standard InChI is InChI=1S/C22H17N3OS/c1-27-18-13-11-16(12-14-18)15-23-25-21(17-7-3-2-4-8-17)24-20-10-6-5-9-19(20)22(25)26/h2-15H,1H3. The minimum absolute atomic E-state index is 0.184. The van der Waals surface area contributed by atoms with Gasteiger partial charge < -0.3 is 0 Å². The van der Waals surface area contributed by atoms with Crippen LogP contribution in [-0.2, 0) is 0 Å². The summed E-state index contributed by atoms with van der Waals surface area (Å²) < 4.78 is 1.38. The van der Waals surface area contributed by atoms with Crippen LogP contribution >= 0.6 is 11.8 Å². The van der Waals surface area contributed by atoms with Gasteiger partial charge in [0.2, 0.25) is 0 Å². The summed E-state index contributed by atoms with van der Waals surface area (Å²) in [6.07, 6.45) is 3.73. The van der Waals surface area contributed by atoms with E-state index in [2.05, 4.69) is 5.10 Å². The van der Waals surface area contributed by atoms with Crippen molar-refractivity contribution in [2.75, 3.05) is 6.26 Å². The molecule has 3 aromatic carbocycles. The lowest BCUT2D eigenvalue weighted by atomic mass is 10.2. The van der Waals surface area contributed by atoms with E-state index in [1.807, 2.05) is 79.1 Å². The van der Waals surface area contributed by atoms with Crippen LogP contribution in [0.2, 0.25) is 0 Å². The van der Waals surface area contributed by atoms with Gasteiger partial charge in [0.1, 0.15) is 0 Å². The van der Waals surface area contributed by atoms with Crippen LogP contribution in [0.15, 0.2) is 93.7 Å². The summed E-state index contributed by atoms with van der Waals surface area (Å²) in [5, 5.41) is 5.02. The number of aromatic nitrogens is 2. The van der Waals surface area contributed by atoms with Crippen molar-refractivity contribution < 1.29 is 0 Å². The number of hydrogen-bond donors (Lipinski definition) is 0. The molecule has 132 valence electrons. The third-order valence-electron chi connectivity index (χ3n) is 4.22. The topological polar surface area (TPSA) is 47.2 Å². The van der Waals surface area contributed by atoms with E-state index in [1.165, 1.54) is 9.57 Å². The van der Waals surface area contributed by atoms with Gasteiger partial charge in [-0.15, -0.1) is 11.8 Å². The van der Waals surface area contributed by atoms with Gasteiger partial charge in [-0.25, -0.2) is 4.98 Å². The van der Waals surface area contributed by atoms with Crippen LogP contribution in [-0.4, -0.2) is 22.1 Å². The smallest absolute Gasteiger partial charge is 0.267 e. The first-order chi connectivity index (χ1) is 13.3. The number of thioether (sulfide) groups is 1. The first-order valence-electron chi connectivity index (χ1n) is 8.52. The average Bonchev–Trinajstić information content (AvgIpc) is 2.74. The van der Waals surface area contributed by atoms with Crippen LogP contribution in [0, 0.1) is 0 Å². The molecule has 1 heterocycles. The predicted molar refractivity (Wildman–Crippen MR) is 113 cm³/mol. The normalized spacial score (nSPS) is 11.3. The monoisotopic (exact) mass is 371 g/mol. The molecule has 0 saturated carbocycles. The van der Waals surface area contributed by atoms with Gasteiger partial charge in [0.25, 0.3) is 5.56 Å². The highest BCUT2D eigenvalue weighted by Crippen LogP contribution is 2.19. The quantitative estimate of drug-likeness (QED) is 0.387. The number of fused-ring (bicyclic) bond motifs is 1. The van der Waals surface area contributed by atoms with Gasteiger partial charge >= 0.3 is 0 Å². The Kier molecular flexibility index (Phi) is 4.85. The number of benzene rings is 3. The van der Waals surface area contributed by atoms with Gasteiger partial charge in [0, 0.05) is 10.5 Å². The van der Waals surface area contributed by atoms with E-state index in [-0.39, 0.29) is 5.56 Å². The van der Waals surface area contributed by atoms with Gasteiger partial charge in [0.15, 0.2) is 5.82 Å². The van der Waals surface area contributed by atoms with Gasteiger partial charge in [0.05, 0.1) is 17.1 Å². The van der Waals surface area contributed by atoms with E-state index < -0.39 is 0 Å². The molecule has 0 N–H and O–H groups in total. The van der Waals surface area contributed by atoms with E-state index in [4.69, 9.17) is 4.98 Å². The zero-order valence-electron chi connectivity index (χ0n) is 14.7. The molecule has 27 heavy (non-hydrogen) atoms. The Morgan fingerprint density at radius 2 is 1.63 bits per heavy atom. The van der Waals surface area contributed by atoms with Crippen LogP contribution in [0.4, 0.5) is 0 Å². The molecule has 0 aliphatic rings. The third-order valence-corrected chi connectivity index (χ3v) is 4.97. The summed E-state index contributed by atoms with van der Waals surface area (Å²) in [6.45, 7) is 0. The molecular formula is C22H17N3OS. The molecule has 0 aliphatic carbocycles. The van der Waals surface area contributed by atoms with Crippen molar-refractivity contribution in [2.24, 2.45) is 5.10 Å². The van der Waals surface area contributed by atoms with Gasteiger partial charge in [-0.3, -0.25) is 4.79 Å². The lowest BCUT2D eigenvalue weighted by Crippen LogP contribution is -2.20. The molecule has 0 aliphatic heterocycles. The van der Waals surface area contributed by atoms with Crippen LogP contribution in [0.5, 0.6) is 0 Å². The van der Waals surface area contributed by atoms with E-state index in [1.54, 1.807) is 24.0 Å². The first kappa shape index (κ1) is 17.2. The molecule has 0 atom stereocenters. The maximum Gasteiger partial charge on any atom is 0.282 e. The first-order valence-corrected chi connectivity index (χ1v) is 9.74. The summed E-state index contributed by atoms with van der Waals surface area (Å²) in [5.41, 5.74) is 2.25. The van der Waals surface area contributed by atoms with Crippen molar-refractivity contribution in [3.8, 4) is 11.4 Å². The van der Waals surface area contributed by atoms with E-state index in [9.17, 15) is 4.79 Å². The van der Waals surface area contributed by atoms with Crippen LogP contribution in [0.25, 0.3) is 22.3 Å². The van der Waals surface area contributed by atoms with E-state index >= 15 is 0 Å². The molecule has 0 spiro atoms. The molecule has 1 aromatic heterocycles. The lowest BCUT2D eigenvalue weighted by molar-refractivity contribution is 0.830. The molecular weight excluding hydrogens is 354 g/mol. The van der Waals surface area contributed by atoms with E-state index in [0.717, 1.165) is 11.1 Å². The molecule has 0 radical (unpaired) electrons. The van der Waals surface area contributed by atoms with Crippen LogP contribution in [0.3, 0.4) is 0 Å². The van der Waals surface area contributed by atoms with Gasteiger partial charge in [-0.2, -0.15) is 9.78 Å². The summed E-state index contributed by atoms with van der Waals surface area (Å²) >= 11 is 1.69. The Labute approximate surface area is 161 Å². The maximum atomic E-state index is 13.1. The summed E-state index contributed by atoms with van der Waals surface area (Å²) in [6, 6.07) is 25.0. The Balaban J connectivity index is 1.88. The Hall–Kier alpha value is -3.18. The van der Waals surface area contributed by atoms with Crippen molar-refractivity contribution in [3.05, 3.63) is 94.8 Å². The van der Waals surface area contributed by atoms with Crippen molar-refractivity contribution in [3.63, 3.8) is 0 Å². The zero-order valence-corrected chi connectivity index (χ0v) is 15.6. The molecule has 4 aromatic rings. The van der Waals surface area contributed by atoms with Crippen molar-refractivity contribution in [1.82, 2.24) is 9.66 Å². The molecule has 4 rings (SSSR count). The largest absolute Gasteiger partial charge is 0.282 e. The highest BCUT2D eigenvalue weighted by molar-refractivity contribution is 7.98. The number of para-hydroxylation sites is 1. The number of hydrogen-bond acceptors (Lipinski definition) is 4. The van der Waals surface area contributed by atoms with Crippen LogP contribution < -0.4 is 5.56 Å². The Bertz CT molecular complexity index is 1170. The number of nitrogens with zero attached hydrogens (tertiary/aromatic N) is 3. The summed E-state index contributed by atoms with van der Waals surface area (Å²) in [4.78, 5) is 18.9. The van der Waals surface area contributed by atoms with E-state index in [0.29, 0.717) is 16.7 Å². The fourth-order valence-electron chi connectivity index (χ4n) is 2.82. The molecule has 5 heteroatoms. The Morgan fingerprint density at radius 3 is 2.37 bits per heavy atom. The van der Waals surface area contributed by atoms with Crippen molar-refractivity contribution in [1.29, 1.82) is 0 Å². The SMILES string of the molecule is CSc1ccc(C=Nn2c(-c3ccccc3)nc3ccccc3c2=O)cc1. The highest BCUT2D eigenvalue weighted by atomic mass is 32.2. The van der Waals surface area contributed by atoms with Gasteiger partial charge in [-0.05, 0) is 36.1 Å². The van der Waals surface area contributed by atoms with Crippen molar-refractivity contribution in [2.45, 2.75) is 4.90 Å². The second kappa shape index (κ2) is 7.60. The Morgan fingerprint density at radius 1 is 0.926 bits per heavy atom. The average molecular weight is 371 g/mol. The molecule has 0 amide bonds. The maximum absolute atomic E-state index is 13.1. The molecule has 4 nitrogen and oxygen atoms in total. The number of rotatable bonds is 4. The molecule has 0 unspecified atom stereocenters. The fraction of sp³-hybridized carbons (Fsp3) is 0.0455. The molecule has 0 fully saturated rings. The predicted octanol–water partition coefficient (Wildman–Crippen LogP) is 4.67.